The van der Waals surface area contributed by atoms with E-state index in [4.69, 9.17) is 17.0 Å². The third-order valence-corrected chi connectivity index (χ3v) is 2.28. The van der Waals surface area contributed by atoms with E-state index in [2.05, 4.69) is 15.0 Å². The molecule has 0 atom stereocenters. The standard InChI is InChI=1S/C11H9ClN4/c12-11-8(2-1-5-16-11)9(13)3-4-10-14-6-7-15-10/h1-7,13H,(H,14,15)/b4-3-,13-9?. The van der Waals surface area contributed by atoms with Crippen LogP contribution < -0.4 is 0 Å². The molecule has 4 nitrogen and oxygen atoms in total. The Bertz CT molecular complexity index is 517. The molecule has 16 heavy (non-hydrogen) atoms. The van der Waals surface area contributed by atoms with Crippen molar-refractivity contribution < 1.29 is 0 Å². The number of hydrogen-bond donors (Lipinski definition) is 2. The average molecular weight is 233 g/mol. The van der Waals surface area contributed by atoms with E-state index in [-0.39, 0.29) is 0 Å². The Morgan fingerprint density at radius 2 is 2.25 bits per heavy atom. The van der Waals surface area contributed by atoms with Gasteiger partial charge < -0.3 is 10.4 Å². The zero-order valence-corrected chi connectivity index (χ0v) is 9.07. The fourth-order valence-corrected chi connectivity index (χ4v) is 1.43. The normalized spacial score (nSPS) is 10.8. The lowest BCUT2D eigenvalue weighted by molar-refractivity contribution is 1.26. The second-order valence-electron chi connectivity index (χ2n) is 3.06. The minimum Gasteiger partial charge on any atom is -0.345 e. The SMILES string of the molecule is N=C(/C=C\c1ncc[nH]1)c1cccnc1Cl. The average Bonchev–Trinajstić information content (AvgIpc) is 2.79. The molecule has 5 heteroatoms. The van der Waals surface area contributed by atoms with Crippen LogP contribution in [0, 0.1) is 5.41 Å². The van der Waals surface area contributed by atoms with Crippen molar-refractivity contribution in [3.05, 3.63) is 53.3 Å². The van der Waals surface area contributed by atoms with Crippen LogP contribution in [0.25, 0.3) is 6.08 Å². The van der Waals surface area contributed by atoms with Gasteiger partial charge in [-0.1, -0.05) is 11.6 Å². The van der Waals surface area contributed by atoms with Gasteiger partial charge in [-0.2, -0.15) is 0 Å². The van der Waals surface area contributed by atoms with Crippen LogP contribution >= 0.6 is 11.6 Å². The summed E-state index contributed by atoms with van der Waals surface area (Å²) >= 11 is 5.87. The molecule has 0 aliphatic carbocycles. The van der Waals surface area contributed by atoms with Gasteiger partial charge in [0.2, 0.25) is 0 Å². The molecular formula is C11H9ClN4. The molecule has 0 saturated heterocycles. The molecule has 2 heterocycles. The van der Waals surface area contributed by atoms with Crippen molar-refractivity contribution in [3.63, 3.8) is 0 Å². The summed E-state index contributed by atoms with van der Waals surface area (Å²) in [6.45, 7) is 0. The topological polar surface area (TPSA) is 65.4 Å². The molecule has 0 spiro atoms. The maximum atomic E-state index is 7.82. The molecule has 0 aliphatic heterocycles. The summed E-state index contributed by atoms with van der Waals surface area (Å²) in [4.78, 5) is 10.8. The van der Waals surface area contributed by atoms with Crippen molar-refractivity contribution in [3.8, 4) is 0 Å². The highest BCUT2D eigenvalue weighted by Crippen LogP contribution is 2.12. The Labute approximate surface area is 97.5 Å². The van der Waals surface area contributed by atoms with Crippen molar-refractivity contribution in [2.45, 2.75) is 0 Å². The quantitative estimate of drug-likeness (QED) is 0.631. The van der Waals surface area contributed by atoms with E-state index in [0.29, 0.717) is 22.3 Å². The van der Waals surface area contributed by atoms with E-state index in [1.54, 1.807) is 42.9 Å². The van der Waals surface area contributed by atoms with Gasteiger partial charge in [0.15, 0.2) is 0 Å². The van der Waals surface area contributed by atoms with E-state index in [1.165, 1.54) is 0 Å². The Hall–Kier alpha value is -1.94. The van der Waals surface area contributed by atoms with Gasteiger partial charge in [-0.05, 0) is 24.3 Å². The molecule has 2 aromatic rings. The number of aromatic amines is 1. The summed E-state index contributed by atoms with van der Waals surface area (Å²) in [5.41, 5.74) is 0.904. The van der Waals surface area contributed by atoms with Gasteiger partial charge >= 0.3 is 0 Å². The number of imidazole rings is 1. The van der Waals surface area contributed by atoms with E-state index in [9.17, 15) is 0 Å². The molecule has 0 saturated carbocycles. The summed E-state index contributed by atoms with van der Waals surface area (Å²) in [6, 6.07) is 3.50. The first-order valence-corrected chi connectivity index (χ1v) is 5.02. The first-order valence-electron chi connectivity index (χ1n) is 4.64. The Morgan fingerprint density at radius 3 is 2.94 bits per heavy atom. The zero-order valence-electron chi connectivity index (χ0n) is 8.31. The van der Waals surface area contributed by atoms with Crippen LogP contribution in [0.1, 0.15) is 11.4 Å². The lowest BCUT2D eigenvalue weighted by Gasteiger charge is -1.99. The number of nitrogens with zero attached hydrogens (tertiary/aromatic N) is 2. The molecule has 2 rings (SSSR count). The zero-order chi connectivity index (χ0) is 11.4. The third-order valence-electron chi connectivity index (χ3n) is 1.98. The molecule has 2 aromatic heterocycles. The number of halogens is 1. The molecule has 0 amide bonds. The Morgan fingerprint density at radius 1 is 1.38 bits per heavy atom. The van der Waals surface area contributed by atoms with Crippen LogP contribution in [0.3, 0.4) is 0 Å². The van der Waals surface area contributed by atoms with Crippen molar-refractivity contribution >= 4 is 23.4 Å². The van der Waals surface area contributed by atoms with Gasteiger partial charge in [0.25, 0.3) is 0 Å². The number of rotatable bonds is 3. The van der Waals surface area contributed by atoms with Crippen LogP contribution in [-0.2, 0) is 0 Å². The summed E-state index contributed by atoms with van der Waals surface area (Å²) in [6.07, 6.45) is 8.31. The van der Waals surface area contributed by atoms with E-state index in [0.717, 1.165) is 0 Å². The fourth-order valence-electron chi connectivity index (χ4n) is 1.21. The monoisotopic (exact) mass is 232 g/mol. The Kier molecular flexibility index (Phi) is 3.12. The lowest BCUT2D eigenvalue weighted by atomic mass is 10.1. The number of nitrogens with one attached hydrogen (secondary N) is 2. The molecule has 0 aliphatic rings. The highest BCUT2D eigenvalue weighted by atomic mass is 35.5. The first kappa shape index (κ1) is 10.6. The number of pyridine rings is 1. The minimum absolute atomic E-state index is 0.300. The first-order chi connectivity index (χ1) is 7.77. The van der Waals surface area contributed by atoms with Crippen molar-refractivity contribution in [1.82, 2.24) is 15.0 Å². The van der Waals surface area contributed by atoms with E-state index >= 15 is 0 Å². The molecule has 0 bridgehead atoms. The van der Waals surface area contributed by atoms with E-state index in [1.807, 2.05) is 0 Å². The molecular weight excluding hydrogens is 224 g/mol. The van der Waals surface area contributed by atoms with Crippen LogP contribution in [0.2, 0.25) is 5.15 Å². The van der Waals surface area contributed by atoms with Gasteiger partial charge in [0.05, 0.1) is 5.71 Å². The number of hydrogen-bond acceptors (Lipinski definition) is 3. The van der Waals surface area contributed by atoms with Crippen LogP contribution in [0.4, 0.5) is 0 Å². The van der Waals surface area contributed by atoms with Crippen molar-refractivity contribution in [2.75, 3.05) is 0 Å². The van der Waals surface area contributed by atoms with Crippen LogP contribution in [0.15, 0.2) is 36.8 Å². The third kappa shape index (κ3) is 2.35. The molecule has 80 valence electrons. The predicted octanol–water partition coefficient (Wildman–Crippen LogP) is 2.54. The van der Waals surface area contributed by atoms with E-state index < -0.39 is 0 Å². The molecule has 0 unspecified atom stereocenters. The molecule has 0 fully saturated rings. The van der Waals surface area contributed by atoms with Crippen LogP contribution in [-0.4, -0.2) is 20.7 Å². The van der Waals surface area contributed by atoms with Crippen molar-refractivity contribution in [1.29, 1.82) is 5.41 Å². The van der Waals surface area contributed by atoms with Crippen molar-refractivity contribution in [2.24, 2.45) is 0 Å². The second-order valence-corrected chi connectivity index (χ2v) is 3.42. The van der Waals surface area contributed by atoms with Gasteiger partial charge in [0.1, 0.15) is 11.0 Å². The van der Waals surface area contributed by atoms with Gasteiger partial charge in [-0.3, -0.25) is 0 Å². The largest absolute Gasteiger partial charge is 0.345 e. The molecule has 2 N–H and O–H groups in total. The van der Waals surface area contributed by atoms with Crippen LogP contribution in [0.5, 0.6) is 0 Å². The number of aromatic nitrogens is 3. The molecule has 0 aromatic carbocycles. The number of allylic oxidation sites excluding steroid dienone is 1. The number of H-pyrrole nitrogens is 1. The lowest BCUT2D eigenvalue weighted by Crippen LogP contribution is -1.96. The maximum absolute atomic E-state index is 7.82. The van der Waals surface area contributed by atoms with Gasteiger partial charge in [-0.15, -0.1) is 0 Å². The second kappa shape index (κ2) is 4.72. The highest BCUT2D eigenvalue weighted by molar-refractivity contribution is 6.33. The smallest absolute Gasteiger partial charge is 0.138 e. The fraction of sp³-hybridized carbons (Fsp3) is 0. The van der Waals surface area contributed by atoms with Gasteiger partial charge in [-0.25, -0.2) is 9.97 Å². The summed E-state index contributed by atoms with van der Waals surface area (Å²) in [5, 5.41) is 8.15. The predicted molar refractivity (Wildman–Crippen MR) is 63.7 cm³/mol. The van der Waals surface area contributed by atoms with Gasteiger partial charge in [0, 0.05) is 24.2 Å². The summed E-state index contributed by atoms with van der Waals surface area (Å²) in [7, 11) is 0. The Balaban J connectivity index is 2.18. The minimum atomic E-state index is 0.300. The summed E-state index contributed by atoms with van der Waals surface area (Å²) < 4.78 is 0. The highest BCUT2D eigenvalue weighted by Gasteiger charge is 2.03. The summed E-state index contributed by atoms with van der Waals surface area (Å²) in [5.74, 6) is 0.699. The molecule has 0 radical (unpaired) electrons. The maximum Gasteiger partial charge on any atom is 0.138 e.